The van der Waals surface area contributed by atoms with Gasteiger partial charge in [-0.05, 0) is 64.3 Å². The third kappa shape index (κ3) is 6.98. The van der Waals surface area contributed by atoms with Crippen molar-refractivity contribution in [3.05, 3.63) is 59.2 Å². The van der Waals surface area contributed by atoms with Crippen LogP contribution in [0.5, 0.6) is 5.75 Å². The van der Waals surface area contributed by atoms with Gasteiger partial charge in [-0.15, -0.1) is 0 Å². The molecule has 0 radical (unpaired) electrons. The molecule has 0 bridgehead atoms. The normalized spacial score (nSPS) is 11.7. The van der Waals surface area contributed by atoms with Crippen molar-refractivity contribution >= 4 is 6.08 Å². The summed E-state index contributed by atoms with van der Waals surface area (Å²) in [6.45, 7) is 9.10. The molecule has 1 aromatic rings. The maximum absolute atomic E-state index is 5.72. The smallest absolute Gasteiger partial charge is 0.119 e. The van der Waals surface area contributed by atoms with Crippen LogP contribution in [0.4, 0.5) is 0 Å². The topological polar surface area (TPSA) is 9.23 Å². The minimum absolute atomic E-state index is 0.642. The van der Waals surface area contributed by atoms with Crippen molar-refractivity contribution in [1.29, 1.82) is 0 Å². The van der Waals surface area contributed by atoms with E-state index in [0.29, 0.717) is 6.61 Å². The molecule has 1 rings (SSSR count). The molecule has 0 atom stereocenters. The lowest BCUT2D eigenvalue weighted by Gasteiger charge is -2.05. The minimum atomic E-state index is 0.642. The summed E-state index contributed by atoms with van der Waals surface area (Å²) in [5.74, 6) is 0.923. The summed E-state index contributed by atoms with van der Waals surface area (Å²) in [6, 6.07) is 8.17. The van der Waals surface area contributed by atoms with Crippen LogP contribution in [0.3, 0.4) is 0 Å². The number of ether oxygens (including phenoxy) is 1. The number of benzene rings is 1. The largest absolute Gasteiger partial charge is 0.490 e. The molecule has 0 spiro atoms. The lowest BCUT2D eigenvalue weighted by atomic mass is 10.1. The van der Waals surface area contributed by atoms with Crippen LogP contribution in [0.1, 0.15) is 46.1 Å². The molecule has 0 aromatic heterocycles. The fraction of sp³-hybridized carbons (Fsp3) is 0.368. The molecule has 0 unspecified atom stereocenters. The molecule has 0 N–H and O–H groups in total. The van der Waals surface area contributed by atoms with Crippen molar-refractivity contribution < 1.29 is 4.74 Å². The highest BCUT2D eigenvalue weighted by Crippen LogP contribution is 2.14. The molecule has 0 saturated heterocycles. The van der Waals surface area contributed by atoms with E-state index in [1.165, 1.54) is 16.7 Å². The molecule has 0 heterocycles. The highest BCUT2D eigenvalue weighted by atomic mass is 16.5. The second-order valence-corrected chi connectivity index (χ2v) is 5.25. The summed E-state index contributed by atoms with van der Waals surface area (Å²) in [7, 11) is 0. The second kappa shape index (κ2) is 9.19. The average Bonchev–Trinajstić information content (AvgIpc) is 2.40. The molecule has 0 fully saturated rings. The van der Waals surface area contributed by atoms with E-state index in [4.69, 9.17) is 4.74 Å². The van der Waals surface area contributed by atoms with Gasteiger partial charge in [-0.3, -0.25) is 0 Å². The first-order valence-corrected chi connectivity index (χ1v) is 7.26. The van der Waals surface area contributed by atoms with E-state index in [1.54, 1.807) is 0 Å². The quantitative estimate of drug-likeness (QED) is 0.570. The van der Waals surface area contributed by atoms with Crippen LogP contribution in [0.15, 0.2) is 53.6 Å². The van der Waals surface area contributed by atoms with E-state index in [-0.39, 0.29) is 0 Å². The Hall–Kier alpha value is -1.76. The van der Waals surface area contributed by atoms with Crippen LogP contribution < -0.4 is 4.74 Å². The maximum Gasteiger partial charge on any atom is 0.119 e. The Morgan fingerprint density at radius 1 is 1.05 bits per heavy atom. The van der Waals surface area contributed by atoms with E-state index in [1.807, 2.05) is 25.1 Å². The molecule has 0 amide bonds. The van der Waals surface area contributed by atoms with Gasteiger partial charge < -0.3 is 4.74 Å². The van der Waals surface area contributed by atoms with Crippen LogP contribution in [-0.4, -0.2) is 6.61 Å². The Bertz CT molecular complexity index is 471. The summed E-state index contributed by atoms with van der Waals surface area (Å²) < 4.78 is 5.72. The van der Waals surface area contributed by atoms with Crippen molar-refractivity contribution in [3.8, 4) is 5.75 Å². The number of hydrogen-bond acceptors (Lipinski definition) is 1. The number of rotatable bonds is 7. The lowest BCUT2D eigenvalue weighted by Crippen LogP contribution is -1.94. The molecule has 0 aliphatic carbocycles. The van der Waals surface area contributed by atoms with Crippen molar-refractivity contribution in [2.24, 2.45) is 0 Å². The van der Waals surface area contributed by atoms with E-state index < -0.39 is 0 Å². The predicted octanol–water partition coefficient (Wildman–Crippen LogP) is 5.79. The molecule has 1 heteroatoms. The second-order valence-electron chi connectivity index (χ2n) is 5.25. The zero-order chi connectivity index (χ0) is 14.8. The molecular formula is C19H26O. The van der Waals surface area contributed by atoms with Crippen LogP contribution >= 0.6 is 0 Å². The first-order valence-electron chi connectivity index (χ1n) is 7.26. The van der Waals surface area contributed by atoms with E-state index in [9.17, 15) is 0 Å². The van der Waals surface area contributed by atoms with Gasteiger partial charge in [0.25, 0.3) is 0 Å². The molecule has 0 aliphatic rings. The summed E-state index contributed by atoms with van der Waals surface area (Å²) >= 11 is 0. The highest BCUT2D eigenvalue weighted by molar-refractivity contribution is 5.50. The Morgan fingerprint density at radius 2 is 1.75 bits per heavy atom. The van der Waals surface area contributed by atoms with Gasteiger partial charge in [-0.1, -0.05) is 41.5 Å². The Balaban J connectivity index is 2.37. The van der Waals surface area contributed by atoms with Gasteiger partial charge in [-0.25, -0.2) is 0 Å². The average molecular weight is 270 g/mol. The zero-order valence-electron chi connectivity index (χ0n) is 13.1. The van der Waals surface area contributed by atoms with Gasteiger partial charge in [0.2, 0.25) is 0 Å². The van der Waals surface area contributed by atoms with Crippen molar-refractivity contribution in [2.75, 3.05) is 6.61 Å². The van der Waals surface area contributed by atoms with Crippen molar-refractivity contribution in [3.63, 3.8) is 0 Å². The molecule has 108 valence electrons. The number of allylic oxidation sites excluding steroid dienone is 4. The summed E-state index contributed by atoms with van der Waals surface area (Å²) in [5, 5.41) is 0. The summed E-state index contributed by atoms with van der Waals surface area (Å²) in [5.41, 5.74) is 3.97. The summed E-state index contributed by atoms with van der Waals surface area (Å²) in [4.78, 5) is 0. The van der Waals surface area contributed by atoms with Gasteiger partial charge in [-0.2, -0.15) is 0 Å². The maximum atomic E-state index is 5.72. The summed E-state index contributed by atoms with van der Waals surface area (Å²) in [6.07, 6.45) is 10.8. The van der Waals surface area contributed by atoms with Crippen LogP contribution in [0.2, 0.25) is 0 Å². The van der Waals surface area contributed by atoms with E-state index in [2.05, 4.69) is 51.1 Å². The van der Waals surface area contributed by atoms with Gasteiger partial charge in [0.15, 0.2) is 0 Å². The minimum Gasteiger partial charge on any atom is -0.490 e. The van der Waals surface area contributed by atoms with Crippen LogP contribution in [0.25, 0.3) is 6.08 Å². The molecule has 1 aromatic carbocycles. The van der Waals surface area contributed by atoms with E-state index in [0.717, 1.165) is 18.6 Å². The van der Waals surface area contributed by atoms with Gasteiger partial charge in [0.05, 0.1) is 0 Å². The molecule has 0 saturated carbocycles. The fourth-order valence-electron chi connectivity index (χ4n) is 1.84. The standard InChI is InChI=1S/C19H26O/c1-5-7-18-10-12-19(13-11-18)20-15-14-17(4)9-6-8-16(2)3/h5,7-8,10-14H,6,9,15H2,1-4H3/b7-5+,17-14+. The zero-order valence-corrected chi connectivity index (χ0v) is 13.1. The molecule has 1 nitrogen and oxygen atoms in total. The molecule has 20 heavy (non-hydrogen) atoms. The van der Waals surface area contributed by atoms with Crippen LogP contribution in [-0.2, 0) is 0 Å². The van der Waals surface area contributed by atoms with Gasteiger partial charge >= 0.3 is 0 Å². The SMILES string of the molecule is C/C=C/c1ccc(OC/C=C(\C)CCC=C(C)C)cc1. The first-order chi connectivity index (χ1) is 9.61. The fourth-order valence-corrected chi connectivity index (χ4v) is 1.84. The Morgan fingerprint density at radius 3 is 2.35 bits per heavy atom. The third-order valence-corrected chi connectivity index (χ3v) is 3.01. The highest BCUT2D eigenvalue weighted by Gasteiger charge is 1.93. The van der Waals surface area contributed by atoms with E-state index >= 15 is 0 Å². The number of hydrogen-bond donors (Lipinski definition) is 0. The third-order valence-electron chi connectivity index (χ3n) is 3.01. The predicted molar refractivity (Wildman–Crippen MR) is 89.1 cm³/mol. The van der Waals surface area contributed by atoms with Gasteiger partial charge in [0, 0.05) is 0 Å². The van der Waals surface area contributed by atoms with Crippen molar-refractivity contribution in [2.45, 2.75) is 40.5 Å². The lowest BCUT2D eigenvalue weighted by molar-refractivity contribution is 0.361. The Kier molecular flexibility index (Phi) is 7.49. The first kappa shape index (κ1) is 16.3. The van der Waals surface area contributed by atoms with Gasteiger partial charge in [0.1, 0.15) is 12.4 Å². The Labute approximate surface area is 123 Å². The molecular weight excluding hydrogens is 244 g/mol. The van der Waals surface area contributed by atoms with Crippen molar-refractivity contribution in [1.82, 2.24) is 0 Å². The van der Waals surface area contributed by atoms with Crippen LogP contribution in [0, 0.1) is 0 Å². The molecule has 0 aliphatic heterocycles. The monoisotopic (exact) mass is 270 g/mol.